The monoisotopic (exact) mass is 408 g/mol. The summed E-state index contributed by atoms with van der Waals surface area (Å²) < 4.78 is 0. The van der Waals surface area contributed by atoms with Crippen LogP contribution >= 0.6 is 11.6 Å². The van der Waals surface area contributed by atoms with Gasteiger partial charge in [0.2, 0.25) is 0 Å². The van der Waals surface area contributed by atoms with E-state index in [0.29, 0.717) is 18.0 Å². The number of pyridine rings is 1. The van der Waals surface area contributed by atoms with Gasteiger partial charge in [-0.3, -0.25) is 10.1 Å². The van der Waals surface area contributed by atoms with Crippen LogP contribution in [-0.2, 0) is 6.42 Å². The van der Waals surface area contributed by atoms with E-state index in [4.69, 9.17) is 16.7 Å². The highest BCUT2D eigenvalue weighted by Crippen LogP contribution is 2.36. The van der Waals surface area contributed by atoms with Crippen LogP contribution in [0, 0.1) is 5.92 Å². The Hall–Kier alpha value is -2.17. The molecule has 5 heteroatoms. The number of aromatic nitrogens is 3. The molecule has 1 saturated carbocycles. The van der Waals surface area contributed by atoms with Crippen LogP contribution in [0.5, 0.6) is 0 Å². The van der Waals surface area contributed by atoms with E-state index in [-0.39, 0.29) is 0 Å². The van der Waals surface area contributed by atoms with E-state index in [1.54, 1.807) is 0 Å². The molecule has 152 valence electrons. The Morgan fingerprint density at radius 3 is 2.34 bits per heavy atom. The Kier molecular flexibility index (Phi) is 6.31. The Morgan fingerprint density at radius 1 is 1.00 bits per heavy atom. The molecule has 1 aromatic carbocycles. The third-order valence-electron chi connectivity index (χ3n) is 5.84. The van der Waals surface area contributed by atoms with Gasteiger partial charge in [0.25, 0.3) is 0 Å². The zero-order chi connectivity index (χ0) is 20.2. The lowest BCUT2D eigenvalue weighted by atomic mass is 9.82. The zero-order valence-electron chi connectivity index (χ0n) is 17.2. The van der Waals surface area contributed by atoms with Crippen molar-refractivity contribution in [2.24, 2.45) is 5.92 Å². The summed E-state index contributed by atoms with van der Waals surface area (Å²) in [6.07, 6.45) is 9.76. The SMILES string of the molecule is CC(C)N[C@H]1CC[C@@H](Cc2[nH]nc(-c3ccc(Cl)cc3)c2-c2ccncc2)CC1. The molecule has 0 bridgehead atoms. The van der Waals surface area contributed by atoms with Crippen molar-refractivity contribution in [1.29, 1.82) is 0 Å². The first kappa shape index (κ1) is 20.1. The molecule has 4 nitrogen and oxygen atoms in total. The zero-order valence-corrected chi connectivity index (χ0v) is 17.9. The fourth-order valence-corrected chi connectivity index (χ4v) is 4.59. The first-order valence-corrected chi connectivity index (χ1v) is 11.0. The normalized spacial score (nSPS) is 19.6. The number of aromatic amines is 1. The number of nitrogens with zero attached hydrogens (tertiary/aromatic N) is 2. The molecule has 1 aliphatic rings. The predicted octanol–water partition coefficient (Wildman–Crippen LogP) is 5.89. The second kappa shape index (κ2) is 9.10. The third kappa shape index (κ3) is 4.88. The Bertz CT molecular complexity index is 910. The van der Waals surface area contributed by atoms with E-state index in [1.165, 1.54) is 36.9 Å². The fraction of sp³-hybridized carbons (Fsp3) is 0.417. The molecule has 1 fully saturated rings. The van der Waals surface area contributed by atoms with E-state index >= 15 is 0 Å². The molecule has 2 aromatic heterocycles. The highest BCUT2D eigenvalue weighted by Gasteiger charge is 2.25. The van der Waals surface area contributed by atoms with Crippen molar-refractivity contribution < 1.29 is 0 Å². The van der Waals surface area contributed by atoms with Crippen LogP contribution in [0.2, 0.25) is 5.02 Å². The van der Waals surface area contributed by atoms with Crippen molar-refractivity contribution in [3.63, 3.8) is 0 Å². The van der Waals surface area contributed by atoms with E-state index in [0.717, 1.165) is 28.3 Å². The molecule has 2 N–H and O–H groups in total. The van der Waals surface area contributed by atoms with E-state index in [2.05, 4.69) is 41.4 Å². The molecule has 0 radical (unpaired) electrons. The molecule has 2 heterocycles. The molecule has 29 heavy (non-hydrogen) atoms. The predicted molar refractivity (Wildman–Crippen MR) is 120 cm³/mol. The number of benzene rings is 1. The smallest absolute Gasteiger partial charge is 0.100 e. The van der Waals surface area contributed by atoms with Gasteiger partial charge in [0.05, 0.1) is 0 Å². The lowest BCUT2D eigenvalue weighted by molar-refractivity contribution is 0.278. The minimum Gasteiger partial charge on any atom is -0.312 e. The number of rotatable bonds is 6. The van der Waals surface area contributed by atoms with Gasteiger partial charge in [-0.05, 0) is 67.9 Å². The van der Waals surface area contributed by atoms with Gasteiger partial charge in [-0.1, -0.05) is 37.6 Å². The maximum absolute atomic E-state index is 6.09. The third-order valence-corrected chi connectivity index (χ3v) is 6.09. The lowest BCUT2D eigenvalue weighted by Gasteiger charge is -2.30. The standard InChI is InChI=1S/C24H29ClN4/c1-16(2)27-21-9-3-17(4-10-21)15-22-23(18-11-13-26-14-12-18)24(29-28-22)19-5-7-20(25)8-6-19/h5-8,11-14,16-17,21,27H,3-4,9-10,15H2,1-2H3,(H,28,29)/t17-,21+. The van der Waals surface area contributed by atoms with Gasteiger partial charge in [0.15, 0.2) is 0 Å². The molecule has 0 spiro atoms. The van der Waals surface area contributed by atoms with Crippen LogP contribution in [0.1, 0.15) is 45.2 Å². The van der Waals surface area contributed by atoms with Crippen LogP contribution in [0.25, 0.3) is 22.4 Å². The first-order valence-electron chi connectivity index (χ1n) is 10.6. The molecule has 3 aromatic rings. The molecular weight excluding hydrogens is 380 g/mol. The minimum atomic E-state index is 0.560. The van der Waals surface area contributed by atoms with Crippen LogP contribution in [0.3, 0.4) is 0 Å². The second-order valence-corrected chi connectivity index (χ2v) is 8.85. The minimum absolute atomic E-state index is 0.560. The highest BCUT2D eigenvalue weighted by atomic mass is 35.5. The molecule has 0 unspecified atom stereocenters. The number of halogens is 1. The summed E-state index contributed by atoms with van der Waals surface area (Å²) in [5.74, 6) is 0.694. The van der Waals surface area contributed by atoms with Crippen LogP contribution in [0.4, 0.5) is 0 Å². The van der Waals surface area contributed by atoms with Gasteiger partial charge in [-0.25, -0.2) is 0 Å². The van der Waals surface area contributed by atoms with Crippen molar-refractivity contribution in [3.05, 3.63) is 59.5 Å². The van der Waals surface area contributed by atoms with Crippen molar-refractivity contribution in [2.75, 3.05) is 0 Å². The summed E-state index contributed by atoms with van der Waals surface area (Å²) in [4.78, 5) is 4.19. The maximum atomic E-state index is 6.09. The number of hydrogen-bond donors (Lipinski definition) is 2. The Morgan fingerprint density at radius 2 is 1.69 bits per heavy atom. The van der Waals surface area contributed by atoms with Gasteiger partial charge in [-0.15, -0.1) is 0 Å². The molecular formula is C24H29ClN4. The highest BCUT2D eigenvalue weighted by molar-refractivity contribution is 6.30. The quantitative estimate of drug-likeness (QED) is 0.534. The molecule has 0 aliphatic heterocycles. The van der Waals surface area contributed by atoms with Gasteiger partial charge < -0.3 is 5.32 Å². The summed E-state index contributed by atoms with van der Waals surface area (Å²) in [6, 6.07) is 13.3. The summed E-state index contributed by atoms with van der Waals surface area (Å²) in [5.41, 5.74) is 5.63. The number of nitrogens with one attached hydrogen (secondary N) is 2. The van der Waals surface area contributed by atoms with Crippen molar-refractivity contribution >= 4 is 11.6 Å². The van der Waals surface area contributed by atoms with Gasteiger partial charge >= 0.3 is 0 Å². The van der Waals surface area contributed by atoms with E-state index < -0.39 is 0 Å². The number of hydrogen-bond acceptors (Lipinski definition) is 3. The van der Waals surface area contributed by atoms with Gasteiger partial charge in [0.1, 0.15) is 5.69 Å². The lowest BCUT2D eigenvalue weighted by Crippen LogP contribution is -2.37. The first-order chi connectivity index (χ1) is 14.1. The van der Waals surface area contributed by atoms with Crippen molar-refractivity contribution in [2.45, 2.75) is 58.0 Å². The topological polar surface area (TPSA) is 53.6 Å². The molecule has 0 atom stereocenters. The summed E-state index contributed by atoms with van der Waals surface area (Å²) in [6.45, 7) is 4.46. The van der Waals surface area contributed by atoms with Crippen molar-refractivity contribution in [1.82, 2.24) is 20.5 Å². The van der Waals surface area contributed by atoms with Crippen LogP contribution in [-0.4, -0.2) is 27.3 Å². The Labute approximate surface area is 178 Å². The summed E-state index contributed by atoms with van der Waals surface area (Å²) >= 11 is 6.09. The van der Waals surface area contributed by atoms with Gasteiger partial charge in [-0.2, -0.15) is 5.10 Å². The average Bonchev–Trinajstić information content (AvgIpc) is 3.14. The largest absolute Gasteiger partial charge is 0.312 e. The van der Waals surface area contributed by atoms with Gasteiger partial charge in [0, 0.05) is 46.3 Å². The summed E-state index contributed by atoms with van der Waals surface area (Å²) in [5, 5.41) is 12.5. The molecule has 1 aliphatic carbocycles. The van der Waals surface area contributed by atoms with Crippen LogP contribution < -0.4 is 5.32 Å². The summed E-state index contributed by atoms with van der Waals surface area (Å²) in [7, 11) is 0. The number of H-pyrrole nitrogens is 1. The van der Waals surface area contributed by atoms with E-state index in [1.807, 2.05) is 36.7 Å². The molecule has 0 amide bonds. The average molecular weight is 409 g/mol. The Balaban J connectivity index is 1.58. The second-order valence-electron chi connectivity index (χ2n) is 8.41. The fourth-order valence-electron chi connectivity index (χ4n) is 4.47. The maximum Gasteiger partial charge on any atom is 0.100 e. The van der Waals surface area contributed by atoms with E-state index in [9.17, 15) is 0 Å². The van der Waals surface area contributed by atoms with Crippen molar-refractivity contribution in [3.8, 4) is 22.4 Å². The molecule has 0 saturated heterocycles. The molecule has 4 rings (SSSR count). The van der Waals surface area contributed by atoms with Crippen LogP contribution in [0.15, 0.2) is 48.8 Å².